The van der Waals surface area contributed by atoms with E-state index in [4.69, 9.17) is 11.6 Å². The van der Waals surface area contributed by atoms with Crippen LogP contribution < -0.4 is 0 Å². The molecule has 1 unspecified atom stereocenters. The van der Waals surface area contributed by atoms with Gasteiger partial charge in [0.15, 0.2) is 0 Å². The quantitative estimate of drug-likeness (QED) is 0.575. The number of alkyl halides is 1. The lowest BCUT2D eigenvalue weighted by Crippen LogP contribution is -1.95. The monoisotopic (exact) mass is 372 g/mol. The average Bonchev–Trinajstić information content (AvgIpc) is 2.29. The predicted octanol–water partition coefficient (Wildman–Crippen LogP) is 5.90. The molecular weight excluding hydrogens is 363 g/mol. The van der Waals surface area contributed by atoms with Gasteiger partial charge in [-0.05, 0) is 47.9 Å². The fraction of sp³-hybridized carbons (Fsp3) is 0.143. The Bertz CT molecular complexity index is 520. The normalized spacial score (nSPS) is 12.5. The van der Waals surface area contributed by atoms with Gasteiger partial charge < -0.3 is 0 Å². The first-order valence-corrected chi connectivity index (χ1v) is 7.32. The van der Waals surface area contributed by atoms with Gasteiger partial charge in [-0.3, -0.25) is 0 Å². The summed E-state index contributed by atoms with van der Waals surface area (Å²) in [6, 6.07) is 14.2. The molecule has 2 aromatic carbocycles. The fourth-order valence-electron chi connectivity index (χ4n) is 1.73. The molecule has 0 nitrogen and oxygen atoms in total. The first kappa shape index (κ1) is 13.1. The summed E-state index contributed by atoms with van der Waals surface area (Å²) < 4.78 is 1.11. The van der Waals surface area contributed by atoms with Crippen molar-refractivity contribution < 1.29 is 0 Å². The van der Waals surface area contributed by atoms with Crippen molar-refractivity contribution in [2.24, 2.45) is 0 Å². The first-order chi connectivity index (χ1) is 8.08. The zero-order chi connectivity index (χ0) is 12.4. The van der Waals surface area contributed by atoms with Gasteiger partial charge in [-0.2, -0.15) is 0 Å². The second-order valence-corrected chi connectivity index (χ2v) is 6.18. The number of halogens is 3. The Morgan fingerprint density at radius 2 is 1.71 bits per heavy atom. The van der Waals surface area contributed by atoms with Gasteiger partial charge in [0, 0.05) is 9.50 Å². The lowest BCUT2D eigenvalue weighted by Gasteiger charge is -2.14. The molecule has 3 heteroatoms. The number of hydrogen-bond acceptors (Lipinski definition) is 0. The third kappa shape index (κ3) is 3.12. The minimum atomic E-state index is 0.202. The molecule has 0 spiro atoms. The molecule has 0 N–H and O–H groups in total. The van der Waals surface area contributed by atoms with Crippen molar-refractivity contribution in [1.29, 1.82) is 0 Å². The lowest BCUT2D eigenvalue weighted by atomic mass is 10.0. The maximum atomic E-state index is 5.89. The zero-order valence-corrected chi connectivity index (χ0v) is 13.2. The van der Waals surface area contributed by atoms with Crippen LogP contribution in [0.1, 0.15) is 21.5 Å². The van der Waals surface area contributed by atoms with Gasteiger partial charge in [0.05, 0.1) is 4.83 Å². The van der Waals surface area contributed by atoms with Crippen LogP contribution in [0.2, 0.25) is 5.02 Å². The molecule has 0 aliphatic heterocycles. The summed E-state index contributed by atoms with van der Waals surface area (Å²) in [6.07, 6.45) is 0. The largest absolute Gasteiger partial charge is 0.0843 e. The van der Waals surface area contributed by atoms with Crippen molar-refractivity contribution in [2.75, 3.05) is 0 Å². The minimum Gasteiger partial charge on any atom is -0.0843 e. The Balaban J connectivity index is 2.36. The van der Waals surface area contributed by atoms with Crippen molar-refractivity contribution >= 4 is 43.5 Å². The number of aryl methyl sites for hydroxylation is 1. The summed E-state index contributed by atoms with van der Waals surface area (Å²) in [5.41, 5.74) is 3.74. The van der Waals surface area contributed by atoms with Crippen molar-refractivity contribution in [3.8, 4) is 0 Å². The Hall–Kier alpha value is -0.310. The number of benzene rings is 2. The molecule has 0 saturated carbocycles. The first-order valence-electron chi connectivity index (χ1n) is 5.23. The summed E-state index contributed by atoms with van der Waals surface area (Å²) in [7, 11) is 0. The van der Waals surface area contributed by atoms with E-state index in [2.05, 4.69) is 57.0 Å². The molecule has 0 saturated heterocycles. The van der Waals surface area contributed by atoms with Crippen molar-refractivity contribution in [1.82, 2.24) is 0 Å². The molecule has 0 fully saturated rings. The second-order valence-electron chi connectivity index (χ2n) is 3.92. The van der Waals surface area contributed by atoms with E-state index in [0.717, 1.165) is 9.50 Å². The lowest BCUT2D eigenvalue weighted by molar-refractivity contribution is 1.14. The number of rotatable bonds is 2. The van der Waals surface area contributed by atoms with Crippen LogP contribution in [0.25, 0.3) is 0 Å². The molecule has 0 aromatic heterocycles. The Labute approximate surface area is 123 Å². The van der Waals surface area contributed by atoms with Crippen LogP contribution in [-0.4, -0.2) is 0 Å². The van der Waals surface area contributed by atoms with Crippen molar-refractivity contribution in [3.63, 3.8) is 0 Å². The molecule has 2 aromatic rings. The fourth-order valence-corrected chi connectivity index (χ4v) is 3.16. The third-order valence-electron chi connectivity index (χ3n) is 2.67. The predicted molar refractivity (Wildman–Crippen MR) is 81.1 cm³/mol. The van der Waals surface area contributed by atoms with Crippen molar-refractivity contribution in [3.05, 3.63) is 68.7 Å². The van der Waals surface area contributed by atoms with Crippen LogP contribution in [-0.2, 0) is 0 Å². The van der Waals surface area contributed by atoms with Gasteiger partial charge in [0.1, 0.15) is 0 Å². The van der Waals surface area contributed by atoms with Crippen molar-refractivity contribution in [2.45, 2.75) is 11.8 Å². The van der Waals surface area contributed by atoms with E-state index in [9.17, 15) is 0 Å². The average molecular weight is 375 g/mol. The Kier molecular flexibility index (Phi) is 4.29. The van der Waals surface area contributed by atoms with Gasteiger partial charge in [0.2, 0.25) is 0 Å². The molecule has 1 atom stereocenters. The van der Waals surface area contributed by atoms with Crippen LogP contribution >= 0.6 is 43.5 Å². The van der Waals surface area contributed by atoms with E-state index in [1.807, 2.05) is 24.3 Å². The second kappa shape index (κ2) is 5.55. The van der Waals surface area contributed by atoms with Crippen LogP contribution in [0, 0.1) is 6.92 Å². The standard InChI is InChI=1S/C14H11Br2Cl/c1-9-8-11(15)4-7-13(9)14(16)10-2-5-12(17)6-3-10/h2-8,14H,1H3. The topological polar surface area (TPSA) is 0 Å². The summed E-state index contributed by atoms with van der Waals surface area (Å²) in [5.74, 6) is 0. The highest BCUT2D eigenvalue weighted by Gasteiger charge is 2.12. The molecule has 0 aliphatic rings. The van der Waals surface area contributed by atoms with Gasteiger partial charge >= 0.3 is 0 Å². The molecule has 0 heterocycles. The van der Waals surface area contributed by atoms with Crippen LogP contribution in [0.5, 0.6) is 0 Å². The number of hydrogen-bond donors (Lipinski definition) is 0. The van der Waals surface area contributed by atoms with Gasteiger partial charge in [-0.25, -0.2) is 0 Å². The van der Waals surface area contributed by atoms with E-state index in [1.54, 1.807) is 0 Å². The highest BCUT2D eigenvalue weighted by atomic mass is 79.9. The molecule has 88 valence electrons. The summed E-state index contributed by atoms with van der Waals surface area (Å²) in [6.45, 7) is 2.12. The summed E-state index contributed by atoms with van der Waals surface area (Å²) in [4.78, 5) is 0.202. The molecular formula is C14H11Br2Cl. The van der Waals surface area contributed by atoms with Crippen LogP contribution in [0.4, 0.5) is 0 Å². The summed E-state index contributed by atoms with van der Waals surface area (Å²) in [5, 5.41) is 0.765. The van der Waals surface area contributed by atoms with Gasteiger partial charge in [0.25, 0.3) is 0 Å². The van der Waals surface area contributed by atoms with Gasteiger partial charge in [-0.15, -0.1) is 0 Å². The molecule has 2 rings (SSSR count). The maximum absolute atomic E-state index is 5.89. The zero-order valence-electron chi connectivity index (χ0n) is 9.25. The maximum Gasteiger partial charge on any atom is 0.0647 e. The molecule has 17 heavy (non-hydrogen) atoms. The Morgan fingerprint density at radius 1 is 1.06 bits per heavy atom. The molecule has 0 bridgehead atoms. The molecule has 0 radical (unpaired) electrons. The summed E-state index contributed by atoms with van der Waals surface area (Å²) >= 11 is 13.1. The molecule has 0 aliphatic carbocycles. The Morgan fingerprint density at radius 3 is 2.29 bits per heavy atom. The van der Waals surface area contributed by atoms with E-state index in [0.29, 0.717) is 0 Å². The SMILES string of the molecule is Cc1cc(Br)ccc1C(Br)c1ccc(Cl)cc1. The minimum absolute atomic E-state index is 0.202. The third-order valence-corrected chi connectivity index (χ3v) is 4.43. The van der Waals surface area contributed by atoms with E-state index < -0.39 is 0 Å². The van der Waals surface area contributed by atoms with E-state index in [1.165, 1.54) is 16.7 Å². The molecule has 0 amide bonds. The van der Waals surface area contributed by atoms with Gasteiger partial charge in [-0.1, -0.05) is 61.7 Å². The van der Waals surface area contributed by atoms with Crippen LogP contribution in [0.15, 0.2) is 46.9 Å². The smallest absolute Gasteiger partial charge is 0.0647 e. The highest BCUT2D eigenvalue weighted by molar-refractivity contribution is 9.10. The highest BCUT2D eigenvalue weighted by Crippen LogP contribution is 2.34. The van der Waals surface area contributed by atoms with E-state index >= 15 is 0 Å². The van der Waals surface area contributed by atoms with Crippen LogP contribution in [0.3, 0.4) is 0 Å². The van der Waals surface area contributed by atoms with E-state index in [-0.39, 0.29) is 4.83 Å².